The van der Waals surface area contributed by atoms with E-state index in [4.69, 9.17) is 16.3 Å². The van der Waals surface area contributed by atoms with Crippen LogP contribution < -0.4 is 0 Å². The lowest BCUT2D eigenvalue weighted by molar-refractivity contribution is 0.371. The second-order valence-corrected chi connectivity index (χ2v) is 9.08. The molecule has 0 amide bonds. The molecular weight excluding hydrogens is 173 g/mol. The molecule has 0 bridgehead atoms. The molecule has 0 saturated carbocycles. The van der Waals surface area contributed by atoms with Gasteiger partial charge in [-0.2, -0.15) is 0 Å². The number of nitrogens with zero attached hydrogens (tertiary/aromatic N) is 1. The Bertz CT molecular complexity index is 140. The van der Waals surface area contributed by atoms with E-state index in [2.05, 4.69) is 0 Å². The Balaban J connectivity index is 2.62. The molecule has 0 spiro atoms. The van der Waals surface area contributed by atoms with Crippen molar-refractivity contribution in [1.82, 2.24) is 4.67 Å². The maximum atomic E-state index is 5.42. The van der Waals surface area contributed by atoms with Gasteiger partial charge in [-0.05, 0) is 25.9 Å². The van der Waals surface area contributed by atoms with Crippen LogP contribution in [0.2, 0.25) is 0 Å². The largest absolute Gasteiger partial charge is 0.330 e. The SMILES string of the molecule is CN(C)[P@@]1(=S)OCCS1. The molecule has 1 heterocycles. The van der Waals surface area contributed by atoms with Gasteiger partial charge in [-0.15, -0.1) is 0 Å². The summed E-state index contributed by atoms with van der Waals surface area (Å²) >= 11 is 7.05. The Kier molecular flexibility index (Phi) is 2.57. The molecule has 1 atom stereocenters. The summed E-state index contributed by atoms with van der Waals surface area (Å²) in [5.41, 5.74) is -1.56. The van der Waals surface area contributed by atoms with Crippen molar-refractivity contribution in [2.75, 3.05) is 26.5 Å². The van der Waals surface area contributed by atoms with E-state index in [1.54, 1.807) is 11.4 Å². The summed E-state index contributed by atoms with van der Waals surface area (Å²) in [6, 6.07) is 0. The van der Waals surface area contributed by atoms with Crippen LogP contribution >= 0.6 is 17.0 Å². The predicted octanol–water partition coefficient (Wildman–Crippen LogP) is 1.54. The first-order valence-electron chi connectivity index (χ1n) is 2.72. The quantitative estimate of drug-likeness (QED) is 0.571. The lowest BCUT2D eigenvalue weighted by atomic mass is 10.9. The Morgan fingerprint density at radius 3 is 2.56 bits per heavy atom. The minimum atomic E-state index is -1.56. The molecule has 0 radical (unpaired) electrons. The zero-order valence-corrected chi connectivity index (χ0v) is 8.06. The van der Waals surface area contributed by atoms with E-state index in [1.807, 2.05) is 18.8 Å². The zero-order valence-electron chi connectivity index (χ0n) is 5.53. The standard InChI is InChI=1S/C4H10NOPS2/c1-5(2)7(8)6-3-4-9-7/h3-4H2,1-2H3/t7-/m0/s1. The van der Waals surface area contributed by atoms with Crippen molar-refractivity contribution in [2.24, 2.45) is 0 Å². The minimum Gasteiger partial charge on any atom is -0.330 e. The average molecular weight is 183 g/mol. The second-order valence-electron chi connectivity index (χ2n) is 1.98. The Morgan fingerprint density at radius 1 is 1.67 bits per heavy atom. The molecule has 0 aromatic carbocycles. The third kappa shape index (κ3) is 1.69. The second kappa shape index (κ2) is 2.89. The number of hydrogen-bond donors (Lipinski definition) is 0. The molecule has 0 N–H and O–H groups in total. The summed E-state index contributed by atoms with van der Waals surface area (Å²) < 4.78 is 7.44. The highest BCUT2D eigenvalue weighted by atomic mass is 32.9. The van der Waals surface area contributed by atoms with Crippen LogP contribution in [0.5, 0.6) is 0 Å². The van der Waals surface area contributed by atoms with Gasteiger partial charge in [0.1, 0.15) is 0 Å². The van der Waals surface area contributed by atoms with Crippen LogP contribution in [0.3, 0.4) is 0 Å². The van der Waals surface area contributed by atoms with Gasteiger partial charge < -0.3 is 4.52 Å². The highest BCUT2D eigenvalue weighted by molar-refractivity contribution is 8.69. The Hall–Kier alpha value is 0.920. The van der Waals surface area contributed by atoms with Crippen molar-refractivity contribution < 1.29 is 4.52 Å². The van der Waals surface area contributed by atoms with Crippen molar-refractivity contribution in [3.8, 4) is 0 Å². The van der Waals surface area contributed by atoms with Crippen molar-refractivity contribution in [3.63, 3.8) is 0 Å². The maximum absolute atomic E-state index is 5.42. The van der Waals surface area contributed by atoms with E-state index in [-0.39, 0.29) is 0 Å². The summed E-state index contributed by atoms with van der Waals surface area (Å²) in [5.74, 6) is 1.06. The van der Waals surface area contributed by atoms with Crippen LogP contribution in [-0.2, 0) is 16.3 Å². The molecule has 1 aliphatic rings. The van der Waals surface area contributed by atoms with E-state index >= 15 is 0 Å². The van der Waals surface area contributed by atoms with Crippen LogP contribution in [0.15, 0.2) is 0 Å². The summed E-state index contributed by atoms with van der Waals surface area (Å²) in [7, 11) is 3.97. The van der Waals surface area contributed by atoms with Gasteiger partial charge in [-0.25, -0.2) is 0 Å². The molecule has 0 unspecified atom stereocenters. The van der Waals surface area contributed by atoms with Gasteiger partial charge >= 0.3 is 0 Å². The van der Waals surface area contributed by atoms with Gasteiger partial charge in [0.2, 0.25) is 0 Å². The normalized spacial score (nSPS) is 35.9. The highest BCUT2D eigenvalue weighted by Gasteiger charge is 2.26. The molecule has 2 nitrogen and oxygen atoms in total. The van der Waals surface area contributed by atoms with Gasteiger partial charge in [-0.3, -0.25) is 4.67 Å². The van der Waals surface area contributed by atoms with Gasteiger partial charge in [0.25, 0.3) is 0 Å². The smallest absolute Gasteiger partial charge is 0.188 e. The minimum absolute atomic E-state index is 0.833. The fourth-order valence-electron chi connectivity index (χ4n) is 0.573. The number of hydrogen-bond acceptors (Lipinski definition) is 3. The summed E-state index contributed by atoms with van der Waals surface area (Å²) in [4.78, 5) is 0. The molecule has 1 fully saturated rings. The van der Waals surface area contributed by atoms with Gasteiger partial charge in [0, 0.05) is 5.75 Å². The molecule has 54 valence electrons. The summed E-state index contributed by atoms with van der Waals surface area (Å²) in [6.45, 7) is 0.833. The molecule has 0 aromatic rings. The van der Waals surface area contributed by atoms with Crippen LogP contribution in [0, 0.1) is 0 Å². The van der Waals surface area contributed by atoms with E-state index in [0.717, 1.165) is 12.4 Å². The topological polar surface area (TPSA) is 12.5 Å². The lowest BCUT2D eigenvalue weighted by Crippen LogP contribution is -2.04. The molecular formula is C4H10NOPS2. The molecule has 1 rings (SSSR count). The first kappa shape index (κ1) is 8.02. The zero-order chi connectivity index (χ0) is 6.91. The van der Waals surface area contributed by atoms with E-state index < -0.39 is 5.62 Å². The monoisotopic (exact) mass is 183 g/mol. The van der Waals surface area contributed by atoms with E-state index in [9.17, 15) is 0 Å². The molecule has 9 heavy (non-hydrogen) atoms. The molecule has 1 saturated heterocycles. The molecule has 0 aliphatic carbocycles. The first-order chi connectivity index (χ1) is 4.15. The van der Waals surface area contributed by atoms with Gasteiger partial charge in [-0.1, -0.05) is 11.4 Å². The van der Waals surface area contributed by atoms with Crippen molar-refractivity contribution >= 4 is 28.8 Å². The van der Waals surface area contributed by atoms with Crippen LogP contribution in [0.4, 0.5) is 0 Å². The van der Waals surface area contributed by atoms with Gasteiger partial charge in [0.15, 0.2) is 5.62 Å². The third-order valence-corrected chi connectivity index (χ3v) is 8.31. The lowest BCUT2D eigenvalue weighted by Gasteiger charge is -2.20. The molecule has 1 aliphatic heterocycles. The Labute approximate surface area is 64.8 Å². The van der Waals surface area contributed by atoms with Crippen molar-refractivity contribution in [1.29, 1.82) is 0 Å². The van der Waals surface area contributed by atoms with E-state index in [0.29, 0.717) is 0 Å². The maximum Gasteiger partial charge on any atom is 0.188 e. The van der Waals surface area contributed by atoms with Crippen molar-refractivity contribution in [3.05, 3.63) is 0 Å². The van der Waals surface area contributed by atoms with Gasteiger partial charge in [0.05, 0.1) is 6.61 Å². The van der Waals surface area contributed by atoms with Crippen LogP contribution in [0.1, 0.15) is 0 Å². The molecule has 5 heteroatoms. The van der Waals surface area contributed by atoms with Crippen molar-refractivity contribution in [2.45, 2.75) is 0 Å². The predicted molar refractivity (Wildman–Crippen MR) is 46.4 cm³/mol. The van der Waals surface area contributed by atoms with Crippen LogP contribution in [0.25, 0.3) is 0 Å². The molecule has 0 aromatic heterocycles. The third-order valence-electron chi connectivity index (χ3n) is 1.08. The average Bonchev–Trinajstić information content (AvgIpc) is 2.16. The first-order valence-corrected chi connectivity index (χ1v) is 6.98. The summed E-state index contributed by atoms with van der Waals surface area (Å²) in [6.07, 6.45) is 0. The fourth-order valence-corrected chi connectivity index (χ4v) is 4.89. The highest BCUT2D eigenvalue weighted by Crippen LogP contribution is 2.64. The van der Waals surface area contributed by atoms with Crippen LogP contribution in [-0.4, -0.2) is 31.1 Å². The fraction of sp³-hybridized carbons (Fsp3) is 1.00. The summed E-state index contributed by atoms with van der Waals surface area (Å²) in [5, 5.41) is 0. The number of rotatable bonds is 1. The Morgan fingerprint density at radius 2 is 2.33 bits per heavy atom. The van der Waals surface area contributed by atoms with E-state index in [1.165, 1.54) is 0 Å².